The van der Waals surface area contributed by atoms with Crippen molar-refractivity contribution in [2.45, 2.75) is 32.7 Å². The summed E-state index contributed by atoms with van der Waals surface area (Å²) in [4.78, 5) is 12.0. The van der Waals surface area contributed by atoms with Crippen LogP contribution < -0.4 is 16.4 Å². The molecule has 0 aliphatic rings. The minimum absolute atomic E-state index is 0.0424. The molecule has 1 rings (SSSR count). The molecule has 1 unspecified atom stereocenters. The molecule has 1 atom stereocenters. The average Bonchev–Trinajstić information content (AvgIpc) is 2.39. The molecule has 0 aliphatic carbocycles. The first-order valence-electron chi connectivity index (χ1n) is 6.56. The van der Waals surface area contributed by atoms with Crippen LogP contribution in [0.25, 0.3) is 0 Å². The van der Waals surface area contributed by atoms with Crippen molar-refractivity contribution >= 4 is 44.7 Å². The topological polar surface area (TPSA) is 67.2 Å². The normalized spacial score (nSPS) is 11.8. The Morgan fingerprint density at radius 2 is 2.20 bits per heavy atom. The summed E-state index contributed by atoms with van der Waals surface area (Å²) >= 11 is 8.41. The van der Waals surface area contributed by atoms with Crippen LogP contribution in [0.2, 0.25) is 0 Å². The zero-order valence-corrected chi connectivity index (χ0v) is 14.1. The second-order valence-corrected chi connectivity index (χ2v) is 5.96. The Hall–Kier alpha value is -1.14. The maximum Gasteiger partial charge on any atom is 0.221 e. The van der Waals surface area contributed by atoms with Gasteiger partial charge in [-0.3, -0.25) is 4.79 Å². The average molecular weight is 358 g/mol. The third kappa shape index (κ3) is 5.46. The van der Waals surface area contributed by atoms with Gasteiger partial charge in [-0.25, -0.2) is 0 Å². The number of halogens is 1. The van der Waals surface area contributed by atoms with E-state index >= 15 is 0 Å². The summed E-state index contributed by atoms with van der Waals surface area (Å²) in [5.41, 5.74) is 7.31. The number of nitrogens with one attached hydrogen (secondary N) is 2. The van der Waals surface area contributed by atoms with Gasteiger partial charge in [0.25, 0.3) is 0 Å². The molecule has 0 heterocycles. The lowest BCUT2D eigenvalue weighted by molar-refractivity contribution is -0.121. The molecule has 1 aromatic carbocycles. The number of benzene rings is 1. The molecule has 20 heavy (non-hydrogen) atoms. The van der Waals surface area contributed by atoms with Gasteiger partial charge in [0.1, 0.15) is 4.99 Å². The quantitative estimate of drug-likeness (QED) is 0.656. The molecule has 0 radical (unpaired) electrons. The number of carbonyl (C=O) groups excluding carboxylic acids is 1. The fourth-order valence-corrected chi connectivity index (χ4v) is 2.16. The SMILES string of the molecule is CCC(C)NC(=O)CCNc1ccc(Br)cc1C(N)=S. The molecule has 110 valence electrons. The second kappa shape index (κ2) is 8.21. The smallest absolute Gasteiger partial charge is 0.221 e. The van der Waals surface area contributed by atoms with Crippen LogP contribution in [0.4, 0.5) is 5.69 Å². The molecule has 1 aromatic rings. The van der Waals surface area contributed by atoms with Crippen molar-refractivity contribution in [2.75, 3.05) is 11.9 Å². The molecule has 0 bridgehead atoms. The monoisotopic (exact) mass is 357 g/mol. The maximum atomic E-state index is 11.7. The van der Waals surface area contributed by atoms with Gasteiger partial charge in [0.15, 0.2) is 0 Å². The molecule has 0 fully saturated rings. The van der Waals surface area contributed by atoms with Crippen molar-refractivity contribution in [2.24, 2.45) is 5.73 Å². The number of nitrogens with two attached hydrogens (primary N) is 1. The number of anilines is 1. The van der Waals surface area contributed by atoms with E-state index in [2.05, 4.69) is 26.6 Å². The van der Waals surface area contributed by atoms with Crippen LogP contribution in [-0.2, 0) is 4.79 Å². The van der Waals surface area contributed by atoms with Crippen molar-refractivity contribution in [3.63, 3.8) is 0 Å². The van der Waals surface area contributed by atoms with Crippen LogP contribution in [0.15, 0.2) is 22.7 Å². The van der Waals surface area contributed by atoms with Crippen LogP contribution in [0.1, 0.15) is 32.3 Å². The Bertz CT molecular complexity index is 493. The first kappa shape index (κ1) is 16.9. The van der Waals surface area contributed by atoms with Crippen LogP contribution in [-0.4, -0.2) is 23.5 Å². The van der Waals surface area contributed by atoms with E-state index in [-0.39, 0.29) is 11.9 Å². The largest absolute Gasteiger partial charge is 0.389 e. The molecule has 0 aromatic heterocycles. The molecule has 1 amide bonds. The first-order chi connectivity index (χ1) is 9.43. The Morgan fingerprint density at radius 3 is 2.80 bits per heavy atom. The van der Waals surface area contributed by atoms with Gasteiger partial charge in [-0.05, 0) is 31.5 Å². The molecule has 0 saturated heterocycles. The predicted octanol–water partition coefficient (Wildman–Crippen LogP) is 2.80. The number of carbonyl (C=O) groups is 1. The Balaban J connectivity index is 2.54. The molecule has 0 aliphatic heterocycles. The van der Waals surface area contributed by atoms with Gasteiger partial charge in [-0.2, -0.15) is 0 Å². The van der Waals surface area contributed by atoms with E-state index in [0.29, 0.717) is 18.0 Å². The zero-order valence-electron chi connectivity index (χ0n) is 11.7. The van der Waals surface area contributed by atoms with Crippen molar-refractivity contribution in [1.29, 1.82) is 0 Å². The van der Waals surface area contributed by atoms with Crippen molar-refractivity contribution in [3.8, 4) is 0 Å². The van der Waals surface area contributed by atoms with Gasteiger partial charge in [0.05, 0.1) is 0 Å². The van der Waals surface area contributed by atoms with Gasteiger partial charge in [-0.15, -0.1) is 0 Å². The highest BCUT2D eigenvalue weighted by Gasteiger charge is 2.08. The minimum Gasteiger partial charge on any atom is -0.389 e. The summed E-state index contributed by atoms with van der Waals surface area (Å²) in [6, 6.07) is 5.88. The second-order valence-electron chi connectivity index (χ2n) is 4.61. The molecular weight excluding hydrogens is 338 g/mol. The lowest BCUT2D eigenvalue weighted by atomic mass is 10.1. The van der Waals surface area contributed by atoms with E-state index in [1.807, 2.05) is 32.0 Å². The van der Waals surface area contributed by atoms with Crippen molar-refractivity contribution < 1.29 is 4.79 Å². The van der Waals surface area contributed by atoms with E-state index in [1.165, 1.54) is 0 Å². The van der Waals surface area contributed by atoms with Crippen LogP contribution in [0, 0.1) is 0 Å². The summed E-state index contributed by atoms with van der Waals surface area (Å²) in [5, 5.41) is 6.12. The molecular formula is C14H20BrN3OS. The summed E-state index contributed by atoms with van der Waals surface area (Å²) in [6.07, 6.45) is 1.34. The van der Waals surface area contributed by atoms with E-state index in [0.717, 1.165) is 22.1 Å². The van der Waals surface area contributed by atoms with Gasteiger partial charge in [0.2, 0.25) is 5.91 Å². The highest BCUT2D eigenvalue weighted by Crippen LogP contribution is 2.21. The predicted molar refractivity (Wildman–Crippen MR) is 91.0 cm³/mol. The molecule has 4 N–H and O–H groups in total. The third-order valence-corrected chi connectivity index (χ3v) is 3.65. The van der Waals surface area contributed by atoms with Crippen LogP contribution in [0.3, 0.4) is 0 Å². The summed E-state index contributed by atoms with van der Waals surface area (Å²) in [6.45, 7) is 4.57. The summed E-state index contributed by atoms with van der Waals surface area (Å²) in [7, 11) is 0. The standard InChI is InChI=1S/C14H20BrN3OS/c1-3-9(2)18-13(19)6-7-17-12-5-4-10(15)8-11(12)14(16)20/h4-5,8-9,17H,3,6-7H2,1-2H3,(H2,16,20)(H,18,19). The number of thiocarbonyl (C=S) groups is 1. The maximum absolute atomic E-state index is 11.7. The van der Waals surface area contributed by atoms with Gasteiger partial charge < -0.3 is 16.4 Å². The minimum atomic E-state index is 0.0424. The van der Waals surface area contributed by atoms with Gasteiger partial charge in [-0.1, -0.05) is 35.1 Å². The molecule has 4 nitrogen and oxygen atoms in total. The lowest BCUT2D eigenvalue weighted by Gasteiger charge is -2.13. The van der Waals surface area contributed by atoms with Gasteiger partial charge >= 0.3 is 0 Å². The molecule has 6 heteroatoms. The zero-order chi connectivity index (χ0) is 15.1. The van der Waals surface area contributed by atoms with Crippen LogP contribution >= 0.6 is 28.1 Å². The Morgan fingerprint density at radius 1 is 1.50 bits per heavy atom. The number of hydrogen-bond acceptors (Lipinski definition) is 3. The Labute approximate surface area is 133 Å². The number of rotatable bonds is 7. The summed E-state index contributed by atoms with van der Waals surface area (Å²) in [5.74, 6) is 0.0424. The highest BCUT2D eigenvalue weighted by molar-refractivity contribution is 9.10. The van der Waals surface area contributed by atoms with Crippen molar-refractivity contribution in [3.05, 3.63) is 28.2 Å². The van der Waals surface area contributed by atoms with Gasteiger partial charge in [0, 0.05) is 34.7 Å². The fraction of sp³-hybridized carbons (Fsp3) is 0.429. The number of amides is 1. The first-order valence-corrected chi connectivity index (χ1v) is 7.76. The van der Waals surface area contributed by atoms with E-state index in [9.17, 15) is 4.79 Å². The van der Waals surface area contributed by atoms with E-state index < -0.39 is 0 Å². The van der Waals surface area contributed by atoms with Crippen LogP contribution in [0.5, 0.6) is 0 Å². The van der Waals surface area contributed by atoms with Crippen molar-refractivity contribution in [1.82, 2.24) is 5.32 Å². The van der Waals surface area contributed by atoms with E-state index in [4.69, 9.17) is 18.0 Å². The number of hydrogen-bond donors (Lipinski definition) is 3. The highest BCUT2D eigenvalue weighted by atomic mass is 79.9. The molecule has 0 saturated carbocycles. The third-order valence-electron chi connectivity index (χ3n) is 2.93. The lowest BCUT2D eigenvalue weighted by Crippen LogP contribution is -2.33. The van der Waals surface area contributed by atoms with E-state index in [1.54, 1.807) is 0 Å². The fourth-order valence-electron chi connectivity index (χ4n) is 1.63. The summed E-state index contributed by atoms with van der Waals surface area (Å²) < 4.78 is 0.917. The Kier molecular flexibility index (Phi) is 6.95. The molecule has 0 spiro atoms.